The highest BCUT2D eigenvalue weighted by Crippen LogP contribution is 2.33. The molecule has 3 fully saturated rings. The average molecular weight is 278 g/mol. The molecule has 2 saturated heterocycles. The van der Waals surface area contributed by atoms with Gasteiger partial charge in [0, 0.05) is 31.2 Å². The van der Waals surface area contributed by atoms with Crippen LogP contribution in [0.25, 0.3) is 0 Å². The van der Waals surface area contributed by atoms with E-state index in [0.717, 1.165) is 35.9 Å². The van der Waals surface area contributed by atoms with Gasteiger partial charge in [0.2, 0.25) is 0 Å². The van der Waals surface area contributed by atoms with E-state index in [4.69, 9.17) is 0 Å². The molecule has 1 saturated carbocycles. The molecule has 0 amide bonds. The van der Waals surface area contributed by atoms with Crippen LogP contribution >= 0.6 is 0 Å². The van der Waals surface area contributed by atoms with Crippen LogP contribution in [0.15, 0.2) is 0 Å². The normalized spacial score (nSPS) is 47.0. The van der Waals surface area contributed by atoms with Gasteiger partial charge in [-0.3, -0.25) is 4.90 Å². The zero-order valence-electron chi connectivity index (χ0n) is 13.8. The van der Waals surface area contributed by atoms with Gasteiger partial charge in [-0.25, -0.2) is 0 Å². The minimum Gasteiger partial charge on any atom is -0.310 e. The van der Waals surface area contributed by atoms with Crippen LogP contribution in [0.4, 0.5) is 0 Å². The largest absolute Gasteiger partial charge is 0.310 e. The number of hydrogen-bond donors (Lipinski definition) is 1. The van der Waals surface area contributed by atoms with Gasteiger partial charge in [-0.05, 0) is 56.8 Å². The van der Waals surface area contributed by atoms with Gasteiger partial charge in [-0.15, -0.1) is 0 Å². The van der Waals surface area contributed by atoms with Crippen molar-refractivity contribution in [2.24, 2.45) is 17.8 Å². The van der Waals surface area contributed by atoms with Crippen LogP contribution in [-0.2, 0) is 0 Å². The highest BCUT2D eigenvalue weighted by Gasteiger charge is 2.35. The third kappa shape index (κ3) is 3.22. The standard InChI is InChI=1S/C18H34N2/c1-13-10-14(2)15(3)20(11-13)12-17-9-8-16-6-4-5-7-18(16)19-17/h13-19H,4-12H2,1-3H3. The number of likely N-dealkylation sites (tertiary alicyclic amines) is 1. The number of piperidine rings is 2. The molecule has 20 heavy (non-hydrogen) atoms. The Bertz CT molecular complexity index is 317. The molecule has 0 bridgehead atoms. The van der Waals surface area contributed by atoms with Crippen LogP contribution < -0.4 is 5.32 Å². The van der Waals surface area contributed by atoms with Crippen molar-refractivity contribution in [3.8, 4) is 0 Å². The van der Waals surface area contributed by atoms with E-state index >= 15 is 0 Å². The second-order valence-electron chi connectivity index (χ2n) is 8.10. The van der Waals surface area contributed by atoms with E-state index < -0.39 is 0 Å². The molecule has 2 heterocycles. The fourth-order valence-corrected chi connectivity index (χ4v) is 5.07. The maximum Gasteiger partial charge on any atom is 0.0197 e. The van der Waals surface area contributed by atoms with E-state index in [2.05, 4.69) is 31.0 Å². The van der Waals surface area contributed by atoms with Crippen LogP contribution in [0.3, 0.4) is 0 Å². The van der Waals surface area contributed by atoms with Crippen molar-refractivity contribution in [2.75, 3.05) is 13.1 Å². The summed E-state index contributed by atoms with van der Waals surface area (Å²) in [6.45, 7) is 9.93. The molecule has 6 unspecified atom stereocenters. The van der Waals surface area contributed by atoms with Crippen molar-refractivity contribution in [1.82, 2.24) is 10.2 Å². The molecule has 0 aromatic carbocycles. The van der Waals surface area contributed by atoms with Gasteiger partial charge in [0.1, 0.15) is 0 Å². The minimum atomic E-state index is 0.759. The van der Waals surface area contributed by atoms with Gasteiger partial charge >= 0.3 is 0 Å². The highest BCUT2D eigenvalue weighted by atomic mass is 15.2. The quantitative estimate of drug-likeness (QED) is 0.829. The summed E-state index contributed by atoms with van der Waals surface area (Å²) in [5.74, 6) is 2.74. The molecule has 0 aromatic heterocycles. The molecule has 2 nitrogen and oxygen atoms in total. The summed E-state index contributed by atoms with van der Waals surface area (Å²) >= 11 is 0. The summed E-state index contributed by atoms with van der Waals surface area (Å²) in [5, 5.41) is 4.01. The lowest BCUT2D eigenvalue weighted by atomic mass is 9.77. The Kier molecular flexibility index (Phi) is 4.72. The molecule has 6 atom stereocenters. The SMILES string of the molecule is CC1CC(C)C(C)N(CC2CCC3CCCCC3N2)C1. The van der Waals surface area contributed by atoms with Gasteiger partial charge in [0.05, 0.1) is 0 Å². The first-order valence-electron chi connectivity index (χ1n) is 9.13. The summed E-state index contributed by atoms with van der Waals surface area (Å²) < 4.78 is 0. The Labute approximate surface area is 125 Å². The van der Waals surface area contributed by atoms with E-state index in [1.807, 2.05) is 0 Å². The second kappa shape index (κ2) is 6.36. The van der Waals surface area contributed by atoms with Gasteiger partial charge in [0.15, 0.2) is 0 Å². The van der Waals surface area contributed by atoms with E-state index in [1.165, 1.54) is 58.0 Å². The Hall–Kier alpha value is -0.0800. The fraction of sp³-hybridized carbons (Fsp3) is 1.00. The van der Waals surface area contributed by atoms with Crippen molar-refractivity contribution in [3.63, 3.8) is 0 Å². The number of rotatable bonds is 2. The Morgan fingerprint density at radius 3 is 2.65 bits per heavy atom. The molecule has 2 heteroatoms. The maximum atomic E-state index is 4.01. The first-order valence-corrected chi connectivity index (χ1v) is 9.13. The van der Waals surface area contributed by atoms with E-state index in [0.29, 0.717) is 0 Å². The predicted octanol–water partition coefficient (Wildman–Crippen LogP) is 3.66. The summed E-state index contributed by atoms with van der Waals surface area (Å²) in [7, 11) is 0. The summed E-state index contributed by atoms with van der Waals surface area (Å²) in [5.41, 5.74) is 0. The monoisotopic (exact) mass is 278 g/mol. The van der Waals surface area contributed by atoms with E-state index in [-0.39, 0.29) is 0 Å². The van der Waals surface area contributed by atoms with Gasteiger partial charge in [-0.1, -0.05) is 26.7 Å². The average Bonchev–Trinajstić information content (AvgIpc) is 2.44. The van der Waals surface area contributed by atoms with Crippen LogP contribution in [0.2, 0.25) is 0 Å². The molecule has 116 valence electrons. The fourth-order valence-electron chi connectivity index (χ4n) is 5.07. The van der Waals surface area contributed by atoms with Crippen LogP contribution in [0, 0.1) is 17.8 Å². The zero-order valence-corrected chi connectivity index (χ0v) is 13.8. The Morgan fingerprint density at radius 2 is 1.80 bits per heavy atom. The topological polar surface area (TPSA) is 15.3 Å². The predicted molar refractivity (Wildman–Crippen MR) is 85.9 cm³/mol. The smallest absolute Gasteiger partial charge is 0.0197 e. The number of hydrogen-bond acceptors (Lipinski definition) is 2. The molecular weight excluding hydrogens is 244 g/mol. The Morgan fingerprint density at radius 1 is 1.00 bits per heavy atom. The lowest BCUT2D eigenvalue weighted by Crippen LogP contribution is -2.56. The van der Waals surface area contributed by atoms with E-state index in [1.54, 1.807) is 0 Å². The third-order valence-electron chi connectivity index (χ3n) is 6.42. The van der Waals surface area contributed by atoms with E-state index in [9.17, 15) is 0 Å². The lowest BCUT2D eigenvalue weighted by Gasteiger charge is -2.46. The summed E-state index contributed by atoms with van der Waals surface area (Å²) in [4.78, 5) is 2.78. The third-order valence-corrected chi connectivity index (χ3v) is 6.42. The lowest BCUT2D eigenvalue weighted by molar-refractivity contribution is 0.0560. The zero-order chi connectivity index (χ0) is 14.1. The van der Waals surface area contributed by atoms with Gasteiger partial charge < -0.3 is 5.32 Å². The number of fused-ring (bicyclic) bond motifs is 1. The summed E-state index contributed by atoms with van der Waals surface area (Å²) in [6.07, 6.45) is 10.2. The molecule has 0 radical (unpaired) electrons. The maximum absolute atomic E-state index is 4.01. The molecule has 1 aliphatic carbocycles. The Balaban J connectivity index is 1.55. The van der Waals surface area contributed by atoms with Gasteiger partial charge in [0.25, 0.3) is 0 Å². The minimum absolute atomic E-state index is 0.759. The van der Waals surface area contributed by atoms with Crippen LogP contribution in [0.1, 0.15) is 65.7 Å². The van der Waals surface area contributed by atoms with Crippen molar-refractivity contribution in [2.45, 2.75) is 83.8 Å². The summed E-state index contributed by atoms with van der Waals surface area (Å²) in [6, 6.07) is 2.38. The first-order chi connectivity index (χ1) is 9.63. The van der Waals surface area contributed by atoms with Crippen molar-refractivity contribution in [3.05, 3.63) is 0 Å². The van der Waals surface area contributed by atoms with Crippen molar-refractivity contribution in [1.29, 1.82) is 0 Å². The molecule has 0 spiro atoms. The van der Waals surface area contributed by atoms with Gasteiger partial charge in [-0.2, -0.15) is 0 Å². The molecule has 3 rings (SSSR count). The molecule has 3 aliphatic rings. The van der Waals surface area contributed by atoms with Crippen molar-refractivity contribution < 1.29 is 0 Å². The number of nitrogens with zero attached hydrogens (tertiary/aromatic N) is 1. The van der Waals surface area contributed by atoms with Crippen LogP contribution in [-0.4, -0.2) is 36.1 Å². The highest BCUT2D eigenvalue weighted by molar-refractivity contribution is 4.92. The molecule has 2 aliphatic heterocycles. The second-order valence-corrected chi connectivity index (χ2v) is 8.10. The molecule has 1 N–H and O–H groups in total. The number of nitrogens with one attached hydrogen (secondary N) is 1. The molecular formula is C18H34N2. The van der Waals surface area contributed by atoms with Crippen molar-refractivity contribution >= 4 is 0 Å². The molecule has 0 aromatic rings. The van der Waals surface area contributed by atoms with Crippen LogP contribution in [0.5, 0.6) is 0 Å². The first kappa shape index (κ1) is 14.8.